The van der Waals surface area contributed by atoms with Crippen LogP contribution in [0.1, 0.15) is 19.1 Å². The SMILES string of the molecule is CCCNCc1ccc(S(=O)(=O)N2CCN(C)CC2)o1. The predicted octanol–water partition coefficient (Wildman–Crippen LogP) is 0.715. The van der Waals surface area contributed by atoms with Gasteiger partial charge in [0.1, 0.15) is 5.76 Å². The fourth-order valence-electron chi connectivity index (χ4n) is 2.14. The van der Waals surface area contributed by atoms with Gasteiger partial charge in [-0.3, -0.25) is 0 Å². The first-order chi connectivity index (χ1) is 9.54. The van der Waals surface area contributed by atoms with Gasteiger partial charge in [-0.1, -0.05) is 6.92 Å². The summed E-state index contributed by atoms with van der Waals surface area (Å²) in [6.07, 6.45) is 1.03. The summed E-state index contributed by atoms with van der Waals surface area (Å²) in [6.45, 7) is 6.08. The van der Waals surface area contributed by atoms with Crippen LogP contribution in [-0.4, -0.2) is 57.4 Å². The Labute approximate surface area is 120 Å². The number of sulfonamides is 1. The summed E-state index contributed by atoms with van der Waals surface area (Å²) < 4.78 is 31.8. The predicted molar refractivity (Wildman–Crippen MR) is 77.0 cm³/mol. The number of likely N-dealkylation sites (N-methyl/N-ethyl adjacent to an activating group) is 1. The molecule has 1 fully saturated rings. The van der Waals surface area contributed by atoms with Crippen molar-refractivity contribution in [3.63, 3.8) is 0 Å². The molecule has 20 heavy (non-hydrogen) atoms. The fraction of sp³-hybridized carbons (Fsp3) is 0.692. The normalized spacial score (nSPS) is 18.5. The van der Waals surface area contributed by atoms with E-state index in [-0.39, 0.29) is 5.09 Å². The van der Waals surface area contributed by atoms with Gasteiger partial charge in [0, 0.05) is 26.2 Å². The second-order valence-corrected chi connectivity index (χ2v) is 6.97. The van der Waals surface area contributed by atoms with Gasteiger partial charge < -0.3 is 14.6 Å². The van der Waals surface area contributed by atoms with E-state index in [2.05, 4.69) is 17.1 Å². The molecule has 0 amide bonds. The van der Waals surface area contributed by atoms with Crippen molar-refractivity contribution in [1.29, 1.82) is 0 Å². The van der Waals surface area contributed by atoms with Gasteiger partial charge in [-0.15, -0.1) is 0 Å². The highest BCUT2D eigenvalue weighted by molar-refractivity contribution is 7.89. The van der Waals surface area contributed by atoms with Crippen molar-refractivity contribution >= 4 is 10.0 Å². The highest BCUT2D eigenvalue weighted by atomic mass is 32.2. The topological polar surface area (TPSA) is 65.8 Å². The molecular formula is C13H23N3O3S. The van der Waals surface area contributed by atoms with E-state index in [0.717, 1.165) is 26.1 Å². The van der Waals surface area contributed by atoms with Crippen LogP contribution in [0.2, 0.25) is 0 Å². The Hall–Kier alpha value is -0.890. The van der Waals surface area contributed by atoms with Gasteiger partial charge in [0.15, 0.2) is 0 Å². The highest BCUT2D eigenvalue weighted by Crippen LogP contribution is 2.20. The van der Waals surface area contributed by atoms with Crippen molar-refractivity contribution in [3.8, 4) is 0 Å². The minimum atomic E-state index is -3.48. The number of furan rings is 1. The van der Waals surface area contributed by atoms with E-state index in [1.165, 1.54) is 4.31 Å². The fourth-order valence-corrected chi connectivity index (χ4v) is 3.49. The van der Waals surface area contributed by atoms with Crippen LogP contribution in [0.15, 0.2) is 21.6 Å². The van der Waals surface area contributed by atoms with Gasteiger partial charge >= 0.3 is 0 Å². The number of rotatable bonds is 6. The average Bonchev–Trinajstić information content (AvgIpc) is 2.89. The molecule has 0 spiro atoms. The molecule has 0 aromatic carbocycles. The number of piperazine rings is 1. The van der Waals surface area contributed by atoms with Crippen LogP contribution in [0.3, 0.4) is 0 Å². The molecule has 0 radical (unpaired) electrons. The molecule has 0 atom stereocenters. The Morgan fingerprint density at radius 2 is 1.95 bits per heavy atom. The van der Waals surface area contributed by atoms with Crippen LogP contribution in [0.5, 0.6) is 0 Å². The maximum absolute atomic E-state index is 12.4. The summed E-state index contributed by atoms with van der Waals surface area (Å²) in [5.41, 5.74) is 0. The second-order valence-electron chi connectivity index (χ2n) is 5.10. The molecule has 1 aromatic rings. The van der Waals surface area contributed by atoms with Crippen LogP contribution in [0, 0.1) is 0 Å². The van der Waals surface area contributed by atoms with Gasteiger partial charge in [-0.2, -0.15) is 4.31 Å². The summed E-state index contributed by atoms with van der Waals surface area (Å²) in [6, 6.07) is 3.28. The number of hydrogen-bond donors (Lipinski definition) is 1. The molecule has 7 heteroatoms. The third-order valence-electron chi connectivity index (χ3n) is 3.42. The molecule has 114 valence electrons. The molecule has 1 aliphatic rings. The van der Waals surface area contributed by atoms with Gasteiger partial charge in [0.2, 0.25) is 5.09 Å². The number of nitrogens with zero attached hydrogens (tertiary/aromatic N) is 2. The van der Waals surface area contributed by atoms with E-state index >= 15 is 0 Å². The zero-order chi connectivity index (χ0) is 14.6. The maximum atomic E-state index is 12.4. The van der Waals surface area contributed by atoms with Crippen LogP contribution < -0.4 is 5.32 Å². The summed E-state index contributed by atoms with van der Waals surface area (Å²) >= 11 is 0. The smallest absolute Gasteiger partial charge is 0.276 e. The zero-order valence-corrected chi connectivity index (χ0v) is 12.9. The molecule has 1 N–H and O–H groups in total. The van der Waals surface area contributed by atoms with E-state index in [1.54, 1.807) is 12.1 Å². The molecule has 0 aliphatic carbocycles. The molecule has 0 unspecified atom stereocenters. The Balaban J connectivity index is 2.02. The van der Waals surface area contributed by atoms with Crippen LogP contribution in [0.4, 0.5) is 0 Å². The number of hydrogen-bond acceptors (Lipinski definition) is 5. The Kier molecular flexibility index (Phi) is 5.20. The molecule has 2 rings (SSSR count). The molecule has 6 nitrogen and oxygen atoms in total. The van der Waals surface area contributed by atoms with Crippen LogP contribution in [-0.2, 0) is 16.6 Å². The molecule has 1 aliphatic heterocycles. The lowest BCUT2D eigenvalue weighted by Gasteiger charge is -2.30. The summed E-state index contributed by atoms with van der Waals surface area (Å²) in [4.78, 5) is 2.12. The summed E-state index contributed by atoms with van der Waals surface area (Å²) in [7, 11) is -1.49. The minimum Gasteiger partial charge on any atom is -0.447 e. The van der Waals surface area contributed by atoms with Gasteiger partial charge in [0.05, 0.1) is 6.54 Å². The van der Waals surface area contributed by atoms with Crippen molar-refractivity contribution in [3.05, 3.63) is 17.9 Å². The Morgan fingerprint density at radius 1 is 1.25 bits per heavy atom. The minimum absolute atomic E-state index is 0.0513. The first kappa shape index (κ1) is 15.5. The molecule has 0 bridgehead atoms. The lowest BCUT2D eigenvalue weighted by Crippen LogP contribution is -2.46. The van der Waals surface area contributed by atoms with Crippen molar-refractivity contribution in [2.75, 3.05) is 39.8 Å². The Morgan fingerprint density at radius 3 is 2.60 bits per heavy atom. The maximum Gasteiger partial charge on any atom is 0.276 e. The molecule has 1 saturated heterocycles. The lowest BCUT2D eigenvalue weighted by molar-refractivity contribution is 0.219. The third kappa shape index (κ3) is 3.60. The van der Waals surface area contributed by atoms with Crippen LogP contribution >= 0.6 is 0 Å². The van der Waals surface area contributed by atoms with Gasteiger partial charge in [-0.05, 0) is 32.1 Å². The molecule has 0 saturated carbocycles. The standard InChI is InChI=1S/C13H23N3O3S/c1-3-6-14-11-12-4-5-13(19-12)20(17,18)16-9-7-15(2)8-10-16/h4-5,14H,3,6-11H2,1-2H3. The highest BCUT2D eigenvalue weighted by Gasteiger charge is 2.29. The summed E-state index contributed by atoms with van der Waals surface area (Å²) in [5, 5.41) is 3.24. The van der Waals surface area contributed by atoms with E-state index in [1.807, 2.05) is 7.05 Å². The largest absolute Gasteiger partial charge is 0.447 e. The third-order valence-corrected chi connectivity index (χ3v) is 5.19. The zero-order valence-electron chi connectivity index (χ0n) is 12.1. The first-order valence-electron chi connectivity index (χ1n) is 7.02. The molecule has 2 heterocycles. The van der Waals surface area contributed by atoms with Crippen molar-refractivity contribution in [1.82, 2.24) is 14.5 Å². The van der Waals surface area contributed by atoms with Crippen molar-refractivity contribution in [2.45, 2.75) is 25.0 Å². The van der Waals surface area contributed by atoms with E-state index in [9.17, 15) is 8.42 Å². The Bertz CT molecular complexity index is 519. The van der Waals surface area contributed by atoms with Crippen LogP contribution in [0.25, 0.3) is 0 Å². The van der Waals surface area contributed by atoms with E-state index in [0.29, 0.717) is 25.4 Å². The molecular weight excluding hydrogens is 278 g/mol. The number of nitrogens with one attached hydrogen (secondary N) is 1. The first-order valence-corrected chi connectivity index (χ1v) is 8.46. The van der Waals surface area contributed by atoms with Gasteiger partial charge in [-0.25, -0.2) is 8.42 Å². The van der Waals surface area contributed by atoms with E-state index < -0.39 is 10.0 Å². The monoisotopic (exact) mass is 301 g/mol. The van der Waals surface area contributed by atoms with Crippen molar-refractivity contribution in [2.24, 2.45) is 0 Å². The summed E-state index contributed by atoms with van der Waals surface area (Å²) in [5.74, 6) is 0.658. The second kappa shape index (κ2) is 6.71. The van der Waals surface area contributed by atoms with Gasteiger partial charge in [0.25, 0.3) is 10.0 Å². The average molecular weight is 301 g/mol. The lowest BCUT2D eigenvalue weighted by atomic mass is 10.4. The van der Waals surface area contributed by atoms with Crippen molar-refractivity contribution < 1.29 is 12.8 Å². The quantitative estimate of drug-likeness (QED) is 0.784. The van der Waals surface area contributed by atoms with E-state index in [4.69, 9.17) is 4.42 Å². The molecule has 1 aromatic heterocycles.